The van der Waals surface area contributed by atoms with E-state index in [1.54, 1.807) is 0 Å². The van der Waals surface area contributed by atoms with Crippen molar-refractivity contribution < 1.29 is 9.21 Å². The molecule has 0 spiro atoms. The summed E-state index contributed by atoms with van der Waals surface area (Å²) in [6, 6.07) is 3.64. The number of rotatable bonds is 6. The quantitative estimate of drug-likeness (QED) is 0.558. The van der Waals surface area contributed by atoms with E-state index >= 15 is 0 Å². The van der Waals surface area contributed by atoms with E-state index in [1.807, 2.05) is 24.4 Å². The van der Waals surface area contributed by atoms with Crippen LogP contribution in [0.25, 0.3) is 11.5 Å². The molecule has 22 heavy (non-hydrogen) atoms. The lowest BCUT2D eigenvalue weighted by Crippen LogP contribution is -2.22. The zero-order valence-corrected chi connectivity index (χ0v) is 13.4. The highest BCUT2D eigenvalue weighted by atomic mass is 32.1. The number of guanidine groups is 1. The molecule has 118 valence electrons. The Hall–Kier alpha value is -2.35. The normalized spacial score (nSPS) is 11.5. The Morgan fingerprint density at radius 3 is 3.05 bits per heavy atom. The van der Waals surface area contributed by atoms with E-state index in [2.05, 4.69) is 20.6 Å². The van der Waals surface area contributed by atoms with Gasteiger partial charge in [-0.25, -0.2) is 4.98 Å². The summed E-state index contributed by atoms with van der Waals surface area (Å²) in [7, 11) is 0. The van der Waals surface area contributed by atoms with Crippen LogP contribution in [-0.4, -0.2) is 23.4 Å². The number of nitrogens with one attached hydrogen (secondary N) is 2. The first kappa shape index (κ1) is 16.0. The third kappa shape index (κ3) is 4.59. The van der Waals surface area contributed by atoms with Crippen LogP contribution < -0.4 is 16.4 Å². The second kappa shape index (κ2) is 7.60. The fraction of sp³-hybridized carbons (Fsp3) is 0.357. The minimum absolute atomic E-state index is 0.0973. The predicted molar refractivity (Wildman–Crippen MR) is 87.7 cm³/mol. The molecule has 1 amide bonds. The third-order valence-corrected chi connectivity index (χ3v) is 3.43. The summed E-state index contributed by atoms with van der Waals surface area (Å²) in [4.78, 5) is 19.4. The average Bonchev–Trinajstić information content (AvgIpc) is 3.11. The Labute approximate surface area is 132 Å². The summed E-state index contributed by atoms with van der Waals surface area (Å²) in [5, 5.41) is 8.16. The summed E-state index contributed by atoms with van der Waals surface area (Å²) in [6.45, 7) is 4.55. The number of carbonyl (C=O) groups is 1. The van der Waals surface area contributed by atoms with Crippen molar-refractivity contribution in [1.29, 1.82) is 0 Å². The standard InChI is InChI=1S/C14H19N5O2S/c1-3-6-16-13(15)19-14-18-11(8-22-14)12-5-4-10(21-12)7-17-9(2)20/h4-5,8H,3,6-7H2,1-2H3,(H,17,20)(H3,15,16,18,19). The maximum Gasteiger partial charge on any atom is 0.217 e. The Morgan fingerprint density at radius 1 is 1.50 bits per heavy atom. The maximum absolute atomic E-state index is 10.9. The first-order valence-electron chi connectivity index (χ1n) is 6.94. The van der Waals surface area contributed by atoms with Gasteiger partial charge >= 0.3 is 0 Å². The number of hydrogen-bond acceptors (Lipinski definition) is 5. The van der Waals surface area contributed by atoms with Crippen molar-refractivity contribution in [2.45, 2.75) is 26.8 Å². The van der Waals surface area contributed by atoms with Crippen LogP contribution in [0.15, 0.2) is 26.9 Å². The monoisotopic (exact) mass is 321 g/mol. The molecule has 0 aliphatic heterocycles. The zero-order valence-electron chi connectivity index (χ0n) is 12.5. The molecule has 2 rings (SSSR count). The molecule has 0 aliphatic rings. The fourth-order valence-electron chi connectivity index (χ4n) is 1.65. The van der Waals surface area contributed by atoms with Gasteiger partial charge in [-0.2, -0.15) is 0 Å². The number of nitrogens with zero attached hydrogens (tertiary/aromatic N) is 2. The summed E-state index contributed by atoms with van der Waals surface area (Å²) in [6.07, 6.45) is 0.939. The van der Waals surface area contributed by atoms with E-state index in [1.165, 1.54) is 18.3 Å². The molecule has 0 saturated carbocycles. The highest BCUT2D eigenvalue weighted by Crippen LogP contribution is 2.26. The minimum Gasteiger partial charge on any atom is -0.458 e. The molecular formula is C14H19N5O2S. The predicted octanol–water partition coefficient (Wildman–Crippen LogP) is 2.18. The van der Waals surface area contributed by atoms with Crippen LogP contribution in [-0.2, 0) is 11.3 Å². The first-order valence-corrected chi connectivity index (χ1v) is 7.82. The second-order valence-corrected chi connectivity index (χ2v) is 5.46. The number of aliphatic imine (C=N–C) groups is 1. The van der Waals surface area contributed by atoms with Crippen LogP contribution in [0.4, 0.5) is 5.13 Å². The van der Waals surface area contributed by atoms with Gasteiger partial charge in [-0.3, -0.25) is 9.79 Å². The lowest BCUT2D eigenvalue weighted by molar-refractivity contribution is -0.119. The van der Waals surface area contributed by atoms with Gasteiger partial charge in [-0.1, -0.05) is 6.92 Å². The van der Waals surface area contributed by atoms with E-state index < -0.39 is 0 Å². The van der Waals surface area contributed by atoms with Crippen LogP contribution in [0.5, 0.6) is 0 Å². The van der Waals surface area contributed by atoms with Crippen LogP contribution in [0.2, 0.25) is 0 Å². The number of furan rings is 1. The molecule has 0 atom stereocenters. The minimum atomic E-state index is -0.0973. The Morgan fingerprint density at radius 2 is 2.32 bits per heavy atom. The van der Waals surface area contributed by atoms with Crippen molar-refractivity contribution in [2.24, 2.45) is 10.7 Å². The molecule has 0 fully saturated rings. The highest BCUT2D eigenvalue weighted by Gasteiger charge is 2.10. The van der Waals surface area contributed by atoms with Gasteiger partial charge in [-0.05, 0) is 18.6 Å². The smallest absolute Gasteiger partial charge is 0.217 e. The average molecular weight is 321 g/mol. The molecule has 0 bridgehead atoms. The molecule has 7 nitrogen and oxygen atoms in total. The van der Waals surface area contributed by atoms with Gasteiger partial charge in [0.15, 0.2) is 16.9 Å². The van der Waals surface area contributed by atoms with Crippen LogP contribution >= 0.6 is 11.3 Å². The van der Waals surface area contributed by atoms with E-state index in [0.717, 1.165) is 6.42 Å². The van der Waals surface area contributed by atoms with E-state index in [4.69, 9.17) is 10.2 Å². The Balaban J connectivity index is 2.00. The number of hydrogen-bond donors (Lipinski definition) is 3. The molecule has 0 saturated heterocycles. The largest absolute Gasteiger partial charge is 0.458 e. The fourth-order valence-corrected chi connectivity index (χ4v) is 2.35. The van der Waals surface area contributed by atoms with Gasteiger partial charge < -0.3 is 20.8 Å². The zero-order chi connectivity index (χ0) is 15.9. The molecule has 0 radical (unpaired) electrons. The molecule has 4 N–H and O–H groups in total. The number of carbonyl (C=O) groups excluding carboxylic acids is 1. The van der Waals surface area contributed by atoms with Crippen LogP contribution in [0.3, 0.4) is 0 Å². The highest BCUT2D eigenvalue weighted by molar-refractivity contribution is 7.14. The maximum atomic E-state index is 10.9. The summed E-state index contributed by atoms with van der Waals surface area (Å²) >= 11 is 1.42. The Kier molecular flexibility index (Phi) is 5.54. The van der Waals surface area contributed by atoms with Crippen molar-refractivity contribution in [1.82, 2.24) is 10.3 Å². The topological polar surface area (TPSA) is 106 Å². The SMILES string of the molecule is CCCN=C(N)Nc1nc(-c2ccc(CNC(C)=O)o2)cs1. The molecule has 0 aromatic carbocycles. The van der Waals surface area contributed by atoms with Gasteiger partial charge in [0.05, 0.1) is 6.54 Å². The van der Waals surface area contributed by atoms with Gasteiger partial charge in [0.2, 0.25) is 5.91 Å². The van der Waals surface area contributed by atoms with Crippen molar-refractivity contribution in [2.75, 3.05) is 11.9 Å². The van der Waals surface area contributed by atoms with E-state index in [9.17, 15) is 4.79 Å². The van der Waals surface area contributed by atoms with E-state index in [0.29, 0.717) is 41.4 Å². The van der Waals surface area contributed by atoms with Gasteiger partial charge in [0, 0.05) is 18.8 Å². The van der Waals surface area contributed by atoms with Crippen molar-refractivity contribution in [3.05, 3.63) is 23.3 Å². The van der Waals surface area contributed by atoms with Crippen LogP contribution in [0, 0.1) is 0 Å². The van der Waals surface area contributed by atoms with Gasteiger partial charge in [0.25, 0.3) is 0 Å². The van der Waals surface area contributed by atoms with Crippen molar-refractivity contribution >= 4 is 28.3 Å². The molecule has 8 heteroatoms. The molecule has 0 unspecified atom stereocenters. The Bertz CT molecular complexity index is 662. The summed E-state index contributed by atoms with van der Waals surface area (Å²) in [5.74, 6) is 1.58. The first-order chi connectivity index (χ1) is 10.6. The van der Waals surface area contributed by atoms with Gasteiger partial charge in [0.1, 0.15) is 11.5 Å². The molecule has 0 aliphatic carbocycles. The number of thiazole rings is 1. The number of nitrogens with two attached hydrogens (primary N) is 1. The van der Waals surface area contributed by atoms with Crippen molar-refractivity contribution in [3.63, 3.8) is 0 Å². The molecule has 2 aromatic rings. The molecular weight excluding hydrogens is 302 g/mol. The van der Waals surface area contributed by atoms with E-state index in [-0.39, 0.29) is 5.91 Å². The number of amides is 1. The van der Waals surface area contributed by atoms with Gasteiger partial charge in [-0.15, -0.1) is 11.3 Å². The summed E-state index contributed by atoms with van der Waals surface area (Å²) < 4.78 is 5.64. The van der Waals surface area contributed by atoms with Crippen LogP contribution in [0.1, 0.15) is 26.0 Å². The van der Waals surface area contributed by atoms with Crippen molar-refractivity contribution in [3.8, 4) is 11.5 Å². The number of aromatic nitrogens is 1. The third-order valence-electron chi connectivity index (χ3n) is 2.67. The lowest BCUT2D eigenvalue weighted by Gasteiger charge is -2.00. The lowest BCUT2D eigenvalue weighted by atomic mass is 10.3. The second-order valence-electron chi connectivity index (χ2n) is 4.61. The number of anilines is 1. The molecule has 2 heterocycles. The molecule has 2 aromatic heterocycles. The summed E-state index contributed by atoms with van der Waals surface area (Å²) in [5.41, 5.74) is 6.47.